The number of H-pyrrole nitrogens is 1. The lowest BCUT2D eigenvalue weighted by Crippen LogP contribution is -2.09. The molecule has 0 amide bonds. The molecule has 0 radical (unpaired) electrons. The van der Waals surface area contributed by atoms with Gasteiger partial charge in [-0.3, -0.25) is 4.79 Å². The first-order chi connectivity index (χ1) is 33.1. The van der Waals surface area contributed by atoms with E-state index in [0.29, 0.717) is 37.6 Å². The van der Waals surface area contributed by atoms with Crippen molar-refractivity contribution in [2.45, 2.75) is 285 Å². The van der Waals surface area contributed by atoms with Gasteiger partial charge in [-0.05, 0) is 43.9 Å². The van der Waals surface area contributed by atoms with Gasteiger partial charge in [0.2, 0.25) is 0 Å². The van der Waals surface area contributed by atoms with Crippen LogP contribution in [0.3, 0.4) is 0 Å². The van der Waals surface area contributed by atoms with E-state index in [4.69, 9.17) is 18.9 Å². The Bertz CT molecular complexity index is 1670. The maximum atomic E-state index is 13.9. The molecule has 3 aromatic rings. The lowest BCUT2D eigenvalue weighted by atomic mass is 10.0. The summed E-state index contributed by atoms with van der Waals surface area (Å²) in [5, 5.41) is 2.44. The minimum atomic E-state index is -0.118. The van der Waals surface area contributed by atoms with Gasteiger partial charge in [0.15, 0.2) is 23.0 Å². The van der Waals surface area contributed by atoms with E-state index >= 15 is 0 Å². The number of nitrogens with one attached hydrogen (secondary N) is 1. The molecule has 2 aromatic carbocycles. The molecule has 384 valence electrons. The first-order valence-corrected chi connectivity index (χ1v) is 29.3. The zero-order chi connectivity index (χ0) is 47.7. The van der Waals surface area contributed by atoms with E-state index in [0.717, 1.165) is 65.6 Å². The maximum Gasteiger partial charge on any atom is 0.256 e. The molecule has 67 heavy (non-hydrogen) atoms. The summed E-state index contributed by atoms with van der Waals surface area (Å²) in [7, 11) is 0. The molecule has 6 heteroatoms. The molecule has 1 aromatic heterocycles. The summed E-state index contributed by atoms with van der Waals surface area (Å²) in [6, 6.07) is 8.10. The molecular formula is C61H105NO5. The average Bonchev–Trinajstić information content (AvgIpc) is 3.33. The Morgan fingerprint density at radius 2 is 0.507 bits per heavy atom. The second-order valence-electron chi connectivity index (χ2n) is 20.3. The number of unbranched alkanes of at least 4 members (excludes halogenated alkanes) is 36. The van der Waals surface area contributed by atoms with E-state index in [9.17, 15) is 4.79 Å². The molecule has 0 aliphatic carbocycles. The highest BCUT2D eigenvalue weighted by Crippen LogP contribution is 2.39. The Balaban J connectivity index is 1.73. The summed E-state index contributed by atoms with van der Waals surface area (Å²) >= 11 is 0. The number of aromatic amines is 1. The molecule has 0 aliphatic heterocycles. The number of hydrogen-bond donors (Lipinski definition) is 1. The lowest BCUT2D eigenvalue weighted by molar-refractivity contribution is 0.258. The molecule has 0 fully saturated rings. The molecule has 0 atom stereocenters. The highest BCUT2D eigenvalue weighted by Gasteiger charge is 2.17. The van der Waals surface area contributed by atoms with Gasteiger partial charge in [-0.15, -0.1) is 0 Å². The van der Waals surface area contributed by atoms with Crippen LogP contribution in [0.2, 0.25) is 0 Å². The van der Waals surface area contributed by atoms with Crippen molar-refractivity contribution < 1.29 is 18.9 Å². The van der Waals surface area contributed by atoms with E-state index in [1.54, 1.807) is 0 Å². The normalized spacial score (nSPS) is 11.6. The highest BCUT2D eigenvalue weighted by atomic mass is 16.5. The molecule has 0 saturated heterocycles. The molecule has 3 rings (SSSR count). The van der Waals surface area contributed by atoms with Crippen molar-refractivity contribution in [1.82, 2.24) is 4.98 Å². The van der Waals surface area contributed by atoms with Crippen molar-refractivity contribution in [2.24, 2.45) is 0 Å². The van der Waals surface area contributed by atoms with Gasteiger partial charge < -0.3 is 23.9 Å². The number of aromatic nitrogens is 1. The minimum absolute atomic E-state index is 0.118. The zero-order valence-electron chi connectivity index (χ0n) is 44.5. The summed E-state index contributed by atoms with van der Waals surface area (Å²) in [5.41, 5.74) is 0.647. The van der Waals surface area contributed by atoms with Gasteiger partial charge in [0, 0.05) is 16.8 Å². The van der Waals surface area contributed by atoms with Gasteiger partial charge >= 0.3 is 0 Å². The molecule has 0 unspecified atom stereocenters. The quantitative estimate of drug-likeness (QED) is 0.0451. The summed E-state index contributed by atoms with van der Waals surface area (Å²) in [4.78, 5) is 17.1. The molecule has 6 nitrogen and oxygen atoms in total. The summed E-state index contributed by atoms with van der Waals surface area (Å²) < 4.78 is 26.2. The molecular weight excluding hydrogens is 827 g/mol. The van der Waals surface area contributed by atoms with Crippen molar-refractivity contribution in [3.8, 4) is 23.0 Å². The Kier molecular flexibility index (Phi) is 35.7. The largest absolute Gasteiger partial charge is 0.490 e. The SMILES string of the molecule is CCCCCCCCCCCCOc1cc2[nH]c(=O)c3cc(OCCCCCCCCCCCC)c(OCCCCCCCCCCCC)cc3c2cc1OCCCCCCCCCCCC. The van der Waals surface area contributed by atoms with E-state index in [1.807, 2.05) is 12.1 Å². The summed E-state index contributed by atoms with van der Waals surface area (Å²) in [6.07, 6.45) is 51.5. The Morgan fingerprint density at radius 1 is 0.284 bits per heavy atom. The Hall–Kier alpha value is -2.89. The highest BCUT2D eigenvalue weighted by molar-refractivity contribution is 6.07. The van der Waals surface area contributed by atoms with Crippen LogP contribution in [-0.4, -0.2) is 31.4 Å². The number of hydrogen-bond acceptors (Lipinski definition) is 5. The van der Waals surface area contributed by atoms with Crippen molar-refractivity contribution in [2.75, 3.05) is 26.4 Å². The second-order valence-corrected chi connectivity index (χ2v) is 20.3. The van der Waals surface area contributed by atoms with E-state index in [2.05, 4.69) is 44.8 Å². The van der Waals surface area contributed by atoms with Gasteiger partial charge in [-0.1, -0.05) is 259 Å². The van der Waals surface area contributed by atoms with Gasteiger partial charge in [-0.25, -0.2) is 0 Å². The maximum absolute atomic E-state index is 13.9. The van der Waals surface area contributed by atoms with Crippen LogP contribution in [-0.2, 0) is 0 Å². The second kappa shape index (κ2) is 40.9. The fourth-order valence-electron chi connectivity index (χ4n) is 9.58. The van der Waals surface area contributed by atoms with E-state index in [1.165, 1.54) is 225 Å². The lowest BCUT2D eigenvalue weighted by Gasteiger charge is -2.17. The number of ether oxygens (including phenoxy) is 4. The third kappa shape index (κ3) is 27.2. The molecule has 1 N–H and O–H groups in total. The van der Waals surface area contributed by atoms with E-state index < -0.39 is 0 Å². The fraction of sp³-hybridized carbons (Fsp3) is 0.787. The number of fused-ring (bicyclic) bond motifs is 3. The topological polar surface area (TPSA) is 69.8 Å². The number of benzene rings is 2. The van der Waals surface area contributed by atoms with Crippen LogP contribution in [0, 0.1) is 0 Å². The van der Waals surface area contributed by atoms with Crippen molar-refractivity contribution >= 4 is 21.7 Å². The fourth-order valence-corrected chi connectivity index (χ4v) is 9.58. The van der Waals surface area contributed by atoms with Crippen molar-refractivity contribution in [3.63, 3.8) is 0 Å². The van der Waals surface area contributed by atoms with Crippen LogP contribution in [0.15, 0.2) is 29.1 Å². The van der Waals surface area contributed by atoms with Crippen molar-refractivity contribution in [3.05, 3.63) is 34.6 Å². The third-order valence-corrected chi connectivity index (χ3v) is 14.0. The van der Waals surface area contributed by atoms with Crippen LogP contribution in [0.1, 0.15) is 285 Å². The Labute approximate surface area is 412 Å². The monoisotopic (exact) mass is 932 g/mol. The first kappa shape index (κ1) is 58.4. The summed E-state index contributed by atoms with van der Waals surface area (Å²) in [6.45, 7) is 11.7. The molecule has 0 spiro atoms. The first-order valence-electron chi connectivity index (χ1n) is 29.3. The zero-order valence-corrected chi connectivity index (χ0v) is 44.5. The summed E-state index contributed by atoms with van der Waals surface area (Å²) in [5.74, 6) is 2.89. The van der Waals surface area contributed by atoms with Crippen molar-refractivity contribution in [1.29, 1.82) is 0 Å². The van der Waals surface area contributed by atoms with Crippen LogP contribution in [0.5, 0.6) is 23.0 Å². The molecule has 0 saturated carbocycles. The van der Waals surface area contributed by atoms with Gasteiger partial charge in [0.1, 0.15) is 0 Å². The molecule has 1 heterocycles. The van der Waals surface area contributed by atoms with Crippen LogP contribution in [0.4, 0.5) is 0 Å². The predicted octanol–water partition coefficient (Wildman–Crippen LogP) is 19.9. The van der Waals surface area contributed by atoms with Crippen LogP contribution < -0.4 is 24.5 Å². The number of pyridine rings is 1. The predicted molar refractivity (Wildman–Crippen MR) is 291 cm³/mol. The Morgan fingerprint density at radius 3 is 0.791 bits per heavy atom. The van der Waals surface area contributed by atoms with Gasteiger partial charge in [-0.2, -0.15) is 0 Å². The van der Waals surface area contributed by atoms with Crippen LogP contribution >= 0.6 is 0 Å². The molecule has 0 bridgehead atoms. The average molecular weight is 933 g/mol. The minimum Gasteiger partial charge on any atom is -0.490 e. The molecule has 0 aliphatic rings. The van der Waals surface area contributed by atoms with Gasteiger partial charge in [0.25, 0.3) is 5.56 Å². The standard InChI is InChI=1S/C61H105NO5/c1-5-9-13-17-21-25-29-33-37-41-45-64-57-49-53-54-50-58(65-46-42-38-34-30-26-22-18-14-10-6-2)60(67-48-44-40-36-32-28-24-20-16-12-8-4)52-56(54)62-61(63)55(53)51-59(57)66-47-43-39-35-31-27-23-19-15-11-7-3/h49-52H,5-48H2,1-4H3,(H,62,63). The van der Waals surface area contributed by atoms with Gasteiger partial charge in [0.05, 0.1) is 37.3 Å². The van der Waals surface area contributed by atoms with E-state index in [-0.39, 0.29) is 5.56 Å². The smallest absolute Gasteiger partial charge is 0.256 e. The third-order valence-electron chi connectivity index (χ3n) is 14.0. The van der Waals surface area contributed by atoms with Crippen LogP contribution in [0.25, 0.3) is 21.7 Å². The number of rotatable bonds is 48.